The van der Waals surface area contributed by atoms with Gasteiger partial charge in [0.25, 0.3) is 5.91 Å². The maximum atomic E-state index is 12.7. The second-order valence-corrected chi connectivity index (χ2v) is 6.82. The minimum Gasteiger partial charge on any atom is -0.376 e. The lowest BCUT2D eigenvalue weighted by Crippen LogP contribution is -2.37. The maximum Gasteiger partial charge on any atom is 0.273 e. The van der Waals surface area contributed by atoms with Gasteiger partial charge in [0.15, 0.2) is 0 Å². The average Bonchev–Trinajstić information content (AvgIpc) is 3.23. The van der Waals surface area contributed by atoms with Crippen LogP contribution in [0.25, 0.3) is 10.6 Å². The van der Waals surface area contributed by atoms with Crippen LogP contribution in [0.15, 0.2) is 29.6 Å². The molecule has 0 saturated carbocycles. The molecule has 1 aromatic heterocycles. The van der Waals surface area contributed by atoms with E-state index in [-0.39, 0.29) is 12.0 Å². The van der Waals surface area contributed by atoms with Gasteiger partial charge in [0.1, 0.15) is 10.7 Å². The van der Waals surface area contributed by atoms with Gasteiger partial charge in [-0.3, -0.25) is 4.79 Å². The van der Waals surface area contributed by atoms with Gasteiger partial charge < -0.3 is 9.64 Å². The summed E-state index contributed by atoms with van der Waals surface area (Å²) < 4.78 is 5.63. The number of carbonyl (C=O) groups is 1. The number of nitrogens with zero attached hydrogens (tertiary/aromatic N) is 2. The fourth-order valence-corrected chi connectivity index (χ4v) is 3.66. The van der Waals surface area contributed by atoms with E-state index in [1.165, 1.54) is 11.3 Å². The maximum absolute atomic E-state index is 12.7. The van der Waals surface area contributed by atoms with Gasteiger partial charge in [0.05, 0.1) is 6.10 Å². The molecule has 1 fully saturated rings. The van der Waals surface area contributed by atoms with E-state index in [1.54, 1.807) is 0 Å². The fraction of sp³-hybridized carbons (Fsp3) is 0.412. The summed E-state index contributed by atoms with van der Waals surface area (Å²) in [5.41, 5.74) is 1.42. The van der Waals surface area contributed by atoms with E-state index < -0.39 is 0 Å². The van der Waals surface area contributed by atoms with Gasteiger partial charge in [0, 0.05) is 35.7 Å². The molecule has 2 heterocycles. The fourth-order valence-electron chi connectivity index (χ4n) is 2.68. The normalized spacial score (nSPS) is 17.4. The molecule has 4 nitrogen and oxygen atoms in total. The molecule has 1 aliphatic rings. The number of benzene rings is 1. The smallest absolute Gasteiger partial charge is 0.273 e. The van der Waals surface area contributed by atoms with Gasteiger partial charge >= 0.3 is 0 Å². The van der Waals surface area contributed by atoms with Crippen molar-refractivity contribution in [3.05, 3.63) is 40.4 Å². The third kappa shape index (κ3) is 3.91. The summed E-state index contributed by atoms with van der Waals surface area (Å²) in [6.07, 6.45) is 2.26. The summed E-state index contributed by atoms with van der Waals surface area (Å²) in [7, 11) is 0. The number of amides is 1. The lowest BCUT2D eigenvalue weighted by atomic mass is 10.2. The number of rotatable bonds is 5. The van der Waals surface area contributed by atoms with Crippen LogP contribution in [0.2, 0.25) is 5.02 Å². The molecular weight excluding hydrogens is 332 g/mol. The predicted octanol–water partition coefficient (Wildman–Crippen LogP) is 4.10. The van der Waals surface area contributed by atoms with E-state index in [2.05, 4.69) is 4.98 Å². The average molecular weight is 351 g/mol. The summed E-state index contributed by atoms with van der Waals surface area (Å²) in [4.78, 5) is 19.0. The van der Waals surface area contributed by atoms with Gasteiger partial charge in [0.2, 0.25) is 0 Å². The zero-order valence-corrected chi connectivity index (χ0v) is 14.6. The van der Waals surface area contributed by atoms with Crippen LogP contribution in [0.1, 0.15) is 30.3 Å². The van der Waals surface area contributed by atoms with Crippen molar-refractivity contribution in [1.29, 1.82) is 0 Å². The Bertz CT molecular complexity index is 683. The molecular formula is C17H19ClN2O2S. The zero-order valence-electron chi connectivity index (χ0n) is 13.0. The van der Waals surface area contributed by atoms with Crippen molar-refractivity contribution in [2.45, 2.75) is 25.9 Å². The number of halogens is 1. The summed E-state index contributed by atoms with van der Waals surface area (Å²) in [6.45, 7) is 4.07. The highest BCUT2D eigenvalue weighted by Crippen LogP contribution is 2.26. The molecule has 2 aromatic rings. The largest absolute Gasteiger partial charge is 0.376 e. The Balaban J connectivity index is 1.74. The SMILES string of the molecule is CCN(CC1CCCO1)C(=O)c1csc(-c2cccc(Cl)c2)n1. The van der Waals surface area contributed by atoms with E-state index in [0.717, 1.165) is 30.0 Å². The van der Waals surface area contributed by atoms with Crippen LogP contribution in [0.5, 0.6) is 0 Å². The quantitative estimate of drug-likeness (QED) is 0.815. The molecule has 0 aliphatic carbocycles. The Labute approximate surface area is 145 Å². The molecule has 0 bridgehead atoms. The minimum absolute atomic E-state index is 0.0347. The molecule has 1 amide bonds. The molecule has 1 atom stereocenters. The predicted molar refractivity (Wildman–Crippen MR) is 93.1 cm³/mol. The highest BCUT2D eigenvalue weighted by atomic mass is 35.5. The number of ether oxygens (including phenoxy) is 1. The van der Waals surface area contributed by atoms with E-state index in [1.807, 2.05) is 41.5 Å². The summed E-state index contributed by atoms with van der Waals surface area (Å²) >= 11 is 7.48. The first-order chi connectivity index (χ1) is 11.2. The van der Waals surface area contributed by atoms with E-state index in [9.17, 15) is 4.79 Å². The van der Waals surface area contributed by atoms with Crippen molar-refractivity contribution < 1.29 is 9.53 Å². The van der Waals surface area contributed by atoms with E-state index in [0.29, 0.717) is 23.8 Å². The lowest BCUT2D eigenvalue weighted by molar-refractivity contribution is 0.0535. The number of aromatic nitrogens is 1. The van der Waals surface area contributed by atoms with Crippen LogP contribution >= 0.6 is 22.9 Å². The Morgan fingerprint density at radius 3 is 3.09 bits per heavy atom. The first-order valence-corrected chi connectivity index (χ1v) is 9.05. The number of likely N-dealkylation sites (N-methyl/N-ethyl adjacent to an activating group) is 1. The Hall–Kier alpha value is -1.43. The summed E-state index contributed by atoms with van der Waals surface area (Å²) in [5, 5.41) is 3.29. The molecule has 1 unspecified atom stereocenters. The third-order valence-corrected chi connectivity index (χ3v) is 5.04. The molecule has 122 valence electrons. The number of hydrogen-bond donors (Lipinski definition) is 0. The third-order valence-electron chi connectivity index (χ3n) is 3.91. The van der Waals surface area contributed by atoms with Crippen molar-refractivity contribution in [3.8, 4) is 10.6 Å². The van der Waals surface area contributed by atoms with Gasteiger partial charge in [-0.15, -0.1) is 11.3 Å². The highest BCUT2D eigenvalue weighted by molar-refractivity contribution is 7.13. The Kier molecular flexibility index (Phi) is 5.30. The van der Waals surface area contributed by atoms with Crippen molar-refractivity contribution in [3.63, 3.8) is 0 Å². The Morgan fingerprint density at radius 1 is 1.52 bits per heavy atom. The molecule has 23 heavy (non-hydrogen) atoms. The van der Waals surface area contributed by atoms with E-state index in [4.69, 9.17) is 16.3 Å². The zero-order chi connectivity index (χ0) is 16.2. The molecule has 1 aromatic carbocycles. The first-order valence-electron chi connectivity index (χ1n) is 7.79. The molecule has 3 rings (SSSR count). The monoisotopic (exact) mass is 350 g/mol. The van der Waals surface area contributed by atoms with Crippen LogP contribution in [-0.4, -0.2) is 41.6 Å². The van der Waals surface area contributed by atoms with Crippen molar-refractivity contribution in [2.24, 2.45) is 0 Å². The first kappa shape index (κ1) is 16.4. The molecule has 6 heteroatoms. The van der Waals surface area contributed by atoms with Crippen molar-refractivity contribution in [2.75, 3.05) is 19.7 Å². The van der Waals surface area contributed by atoms with Crippen LogP contribution in [0, 0.1) is 0 Å². The Morgan fingerprint density at radius 2 is 2.39 bits per heavy atom. The second-order valence-electron chi connectivity index (χ2n) is 5.53. The standard InChI is InChI=1S/C17H19ClN2O2S/c1-2-20(10-14-7-4-8-22-14)17(21)15-11-23-16(19-15)12-5-3-6-13(18)9-12/h3,5-6,9,11,14H,2,4,7-8,10H2,1H3. The number of hydrogen-bond acceptors (Lipinski definition) is 4. The minimum atomic E-state index is -0.0347. The van der Waals surface area contributed by atoms with Crippen LogP contribution in [-0.2, 0) is 4.74 Å². The topological polar surface area (TPSA) is 42.4 Å². The summed E-state index contributed by atoms with van der Waals surface area (Å²) in [6, 6.07) is 7.52. The van der Waals surface area contributed by atoms with Crippen molar-refractivity contribution >= 4 is 28.8 Å². The van der Waals surface area contributed by atoms with Crippen molar-refractivity contribution in [1.82, 2.24) is 9.88 Å². The molecule has 1 saturated heterocycles. The molecule has 1 aliphatic heterocycles. The van der Waals surface area contributed by atoms with Crippen LogP contribution < -0.4 is 0 Å². The van der Waals surface area contributed by atoms with Crippen LogP contribution in [0.3, 0.4) is 0 Å². The van der Waals surface area contributed by atoms with E-state index >= 15 is 0 Å². The van der Waals surface area contributed by atoms with Crippen LogP contribution in [0.4, 0.5) is 0 Å². The number of thiazole rings is 1. The number of carbonyl (C=O) groups excluding carboxylic acids is 1. The summed E-state index contributed by atoms with van der Waals surface area (Å²) in [5.74, 6) is -0.0347. The second kappa shape index (κ2) is 7.43. The highest BCUT2D eigenvalue weighted by Gasteiger charge is 2.24. The molecule has 0 spiro atoms. The van der Waals surface area contributed by atoms with Gasteiger partial charge in [-0.1, -0.05) is 23.7 Å². The van der Waals surface area contributed by atoms with Gasteiger partial charge in [-0.05, 0) is 31.9 Å². The molecule has 0 radical (unpaired) electrons. The molecule has 0 N–H and O–H groups in total. The lowest BCUT2D eigenvalue weighted by Gasteiger charge is -2.23. The van der Waals surface area contributed by atoms with Gasteiger partial charge in [-0.25, -0.2) is 4.98 Å². The van der Waals surface area contributed by atoms with Gasteiger partial charge in [-0.2, -0.15) is 0 Å².